The summed E-state index contributed by atoms with van der Waals surface area (Å²) in [5, 5.41) is 6.40. The first-order valence-electron chi connectivity index (χ1n) is 8.91. The minimum Gasteiger partial charge on any atom is -0.459 e. The first-order valence-corrected chi connectivity index (χ1v) is 9.79. The van der Waals surface area contributed by atoms with Crippen LogP contribution in [0.2, 0.25) is 0 Å². The Balaban J connectivity index is 1.69. The molecule has 0 unspecified atom stereocenters. The summed E-state index contributed by atoms with van der Waals surface area (Å²) < 4.78 is 8.85. The summed E-state index contributed by atoms with van der Waals surface area (Å²) in [6, 6.07) is 1.41. The Morgan fingerprint density at radius 2 is 2.04 bits per heavy atom. The molecule has 0 N–H and O–H groups in total. The maximum absolute atomic E-state index is 12.3. The van der Waals surface area contributed by atoms with Gasteiger partial charge in [0.1, 0.15) is 6.61 Å². The normalized spacial score (nSPS) is 11.5. The van der Waals surface area contributed by atoms with E-state index in [1.165, 1.54) is 17.4 Å². The number of nitrogens with zero attached hydrogens (tertiary/aromatic N) is 4. The molecule has 0 spiro atoms. The maximum atomic E-state index is 12.3. The van der Waals surface area contributed by atoms with Gasteiger partial charge in [-0.15, -0.1) is 11.3 Å². The second-order valence-electron chi connectivity index (χ2n) is 7.14. The Kier molecular flexibility index (Phi) is 5.46. The lowest BCUT2D eigenvalue weighted by atomic mass is 10.1. The van der Waals surface area contributed by atoms with E-state index in [2.05, 4.69) is 23.9 Å². The van der Waals surface area contributed by atoms with Crippen LogP contribution in [-0.4, -0.2) is 25.1 Å². The van der Waals surface area contributed by atoms with E-state index in [0.29, 0.717) is 16.6 Å². The van der Waals surface area contributed by atoms with Gasteiger partial charge in [0.2, 0.25) is 0 Å². The molecule has 27 heavy (non-hydrogen) atoms. The van der Waals surface area contributed by atoms with Crippen molar-refractivity contribution in [2.75, 3.05) is 0 Å². The van der Waals surface area contributed by atoms with Crippen molar-refractivity contribution < 1.29 is 9.53 Å². The number of aryl methyl sites for hydroxylation is 2. The Morgan fingerprint density at radius 1 is 1.30 bits per heavy atom. The molecule has 0 saturated heterocycles. The van der Waals surface area contributed by atoms with Crippen molar-refractivity contribution >= 4 is 22.3 Å². The number of esters is 1. The molecular formula is C19H24N4O3S. The number of hydrogen-bond acceptors (Lipinski definition) is 6. The van der Waals surface area contributed by atoms with Gasteiger partial charge in [-0.2, -0.15) is 5.10 Å². The molecule has 0 radical (unpaired) electrons. The number of aromatic nitrogens is 4. The van der Waals surface area contributed by atoms with Crippen molar-refractivity contribution in [1.29, 1.82) is 0 Å². The topological polar surface area (TPSA) is 78.5 Å². The zero-order valence-corrected chi connectivity index (χ0v) is 17.1. The second kappa shape index (κ2) is 7.64. The number of carbonyl (C=O) groups is 1. The molecule has 0 bridgehead atoms. The predicted molar refractivity (Wildman–Crippen MR) is 104 cm³/mol. The summed E-state index contributed by atoms with van der Waals surface area (Å²) >= 11 is 1.39. The molecule has 3 rings (SSSR count). The van der Waals surface area contributed by atoms with Crippen LogP contribution in [0.5, 0.6) is 0 Å². The van der Waals surface area contributed by atoms with Gasteiger partial charge >= 0.3 is 5.97 Å². The van der Waals surface area contributed by atoms with E-state index in [0.717, 1.165) is 29.2 Å². The van der Waals surface area contributed by atoms with E-state index in [9.17, 15) is 9.59 Å². The van der Waals surface area contributed by atoms with Gasteiger partial charge in [-0.05, 0) is 26.7 Å². The lowest BCUT2D eigenvalue weighted by Crippen LogP contribution is -2.17. The fraction of sp³-hybridized carbons (Fsp3) is 0.474. The quantitative estimate of drug-likeness (QED) is 0.607. The van der Waals surface area contributed by atoms with Crippen LogP contribution < -0.4 is 5.56 Å². The van der Waals surface area contributed by atoms with Gasteiger partial charge in [-0.3, -0.25) is 18.7 Å². The molecule has 3 aromatic rings. The van der Waals surface area contributed by atoms with Crippen molar-refractivity contribution in [3.8, 4) is 0 Å². The summed E-state index contributed by atoms with van der Waals surface area (Å²) in [6.07, 6.45) is 0.162. The van der Waals surface area contributed by atoms with Crippen LogP contribution in [-0.2, 0) is 29.1 Å². The van der Waals surface area contributed by atoms with Gasteiger partial charge in [0, 0.05) is 34.9 Å². The molecule has 0 aromatic carbocycles. The first-order chi connectivity index (χ1) is 12.8. The number of rotatable bonds is 6. The van der Waals surface area contributed by atoms with Gasteiger partial charge < -0.3 is 4.74 Å². The van der Waals surface area contributed by atoms with Crippen molar-refractivity contribution in [3.63, 3.8) is 0 Å². The molecule has 0 aliphatic heterocycles. The molecule has 144 valence electrons. The molecule has 7 nitrogen and oxygen atoms in total. The number of fused-ring (bicyclic) bond motifs is 1. The highest BCUT2D eigenvalue weighted by atomic mass is 32.1. The number of carbonyl (C=O) groups excluding carboxylic acids is 1. The SMILES string of the molecule is Cc1nn(CC(C)C)c(C)c1CC(=O)OCc1cc(=O)n2c(C)csc2n1. The number of hydrogen-bond donors (Lipinski definition) is 0. The van der Waals surface area contributed by atoms with E-state index >= 15 is 0 Å². The molecule has 0 fully saturated rings. The minimum atomic E-state index is -0.352. The Morgan fingerprint density at radius 3 is 2.74 bits per heavy atom. The lowest BCUT2D eigenvalue weighted by Gasteiger charge is -2.08. The summed E-state index contributed by atoms with van der Waals surface area (Å²) in [7, 11) is 0. The van der Waals surface area contributed by atoms with E-state index in [4.69, 9.17) is 4.74 Å². The zero-order valence-electron chi connectivity index (χ0n) is 16.3. The molecule has 0 aliphatic rings. The van der Waals surface area contributed by atoms with Crippen LogP contribution in [0.4, 0.5) is 0 Å². The first kappa shape index (κ1) is 19.3. The van der Waals surface area contributed by atoms with E-state index in [1.54, 1.807) is 4.40 Å². The van der Waals surface area contributed by atoms with Gasteiger partial charge in [-0.1, -0.05) is 13.8 Å². The molecule has 3 heterocycles. The van der Waals surface area contributed by atoms with Gasteiger partial charge in [-0.25, -0.2) is 4.98 Å². The summed E-state index contributed by atoms with van der Waals surface area (Å²) in [4.78, 5) is 29.5. The fourth-order valence-electron chi connectivity index (χ4n) is 3.04. The molecule has 8 heteroatoms. The molecule has 0 atom stereocenters. The van der Waals surface area contributed by atoms with Crippen LogP contribution in [0, 0.1) is 26.7 Å². The van der Waals surface area contributed by atoms with Crippen LogP contribution >= 0.6 is 11.3 Å². The molecule has 0 amide bonds. The Hall–Kier alpha value is -2.48. The van der Waals surface area contributed by atoms with E-state index in [-0.39, 0.29) is 24.6 Å². The molecule has 0 aliphatic carbocycles. The third-order valence-electron chi connectivity index (χ3n) is 4.40. The smallest absolute Gasteiger partial charge is 0.310 e. The standard InChI is InChI=1S/C19H24N4O3S/c1-11(2)8-22-14(5)16(13(4)21-22)7-18(25)26-9-15-6-17(24)23-12(3)10-27-19(23)20-15/h6,10-11H,7-9H2,1-5H3. The fourth-order valence-corrected chi connectivity index (χ4v) is 3.93. The van der Waals surface area contributed by atoms with Crippen LogP contribution in [0.1, 0.15) is 42.2 Å². The van der Waals surface area contributed by atoms with Crippen molar-refractivity contribution in [2.24, 2.45) is 5.92 Å². The lowest BCUT2D eigenvalue weighted by molar-refractivity contribution is -0.144. The predicted octanol–water partition coefficient (Wildman–Crippen LogP) is 2.82. The Bertz CT molecular complexity index is 1050. The molecule has 0 saturated carbocycles. The summed E-state index contributed by atoms with van der Waals surface area (Å²) in [5.74, 6) is 0.124. The summed E-state index contributed by atoms with van der Waals surface area (Å²) in [6.45, 7) is 10.8. The van der Waals surface area contributed by atoms with Crippen LogP contribution in [0.3, 0.4) is 0 Å². The van der Waals surface area contributed by atoms with Crippen molar-refractivity contribution in [3.05, 3.63) is 50.1 Å². The van der Waals surface area contributed by atoms with Gasteiger partial charge in [0.25, 0.3) is 5.56 Å². The molecular weight excluding hydrogens is 364 g/mol. The average molecular weight is 388 g/mol. The van der Waals surface area contributed by atoms with Gasteiger partial charge in [0.15, 0.2) is 4.96 Å². The highest BCUT2D eigenvalue weighted by molar-refractivity contribution is 7.15. The van der Waals surface area contributed by atoms with E-state index in [1.807, 2.05) is 30.8 Å². The van der Waals surface area contributed by atoms with Crippen molar-refractivity contribution in [1.82, 2.24) is 19.2 Å². The maximum Gasteiger partial charge on any atom is 0.310 e. The van der Waals surface area contributed by atoms with Crippen LogP contribution in [0.15, 0.2) is 16.2 Å². The second-order valence-corrected chi connectivity index (χ2v) is 7.98. The summed E-state index contributed by atoms with van der Waals surface area (Å²) in [5.41, 5.74) is 3.88. The molecule has 3 aromatic heterocycles. The highest BCUT2D eigenvalue weighted by Gasteiger charge is 2.17. The third-order valence-corrected chi connectivity index (χ3v) is 5.34. The van der Waals surface area contributed by atoms with Gasteiger partial charge in [0.05, 0.1) is 17.8 Å². The highest BCUT2D eigenvalue weighted by Crippen LogP contribution is 2.16. The Labute approximate surface area is 161 Å². The number of ether oxygens (including phenoxy) is 1. The average Bonchev–Trinajstić information content (AvgIpc) is 3.08. The monoisotopic (exact) mass is 388 g/mol. The zero-order chi connectivity index (χ0) is 19.7. The minimum absolute atomic E-state index is 0.0141. The largest absolute Gasteiger partial charge is 0.459 e. The number of thiazole rings is 1. The third kappa shape index (κ3) is 4.10. The van der Waals surface area contributed by atoms with E-state index < -0.39 is 0 Å². The van der Waals surface area contributed by atoms with Crippen molar-refractivity contribution in [2.45, 2.75) is 54.2 Å². The van der Waals surface area contributed by atoms with Crippen LogP contribution in [0.25, 0.3) is 4.96 Å².